The van der Waals surface area contributed by atoms with Crippen LogP contribution in [-0.2, 0) is 0 Å². The molecule has 0 spiro atoms. The zero-order valence-electron chi connectivity index (χ0n) is 8.31. The standard InChI is InChI=1S/C11H10ClN3/c1-3-9-6-10(11(12)13-7-9)15-8(2)4-5-14-15/h3-7H,1H2,2H3. The summed E-state index contributed by atoms with van der Waals surface area (Å²) in [5, 5.41) is 4.62. The third kappa shape index (κ3) is 1.78. The van der Waals surface area contributed by atoms with Crippen molar-refractivity contribution >= 4 is 17.7 Å². The molecule has 0 N–H and O–H groups in total. The average Bonchev–Trinajstić information content (AvgIpc) is 2.65. The van der Waals surface area contributed by atoms with Crippen LogP contribution in [0.1, 0.15) is 11.3 Å². The van der Waals surface area contributed by atoms with Gasteiger partial charge >= 0.3 is 0 Å². The largest absolute Gasteiger partial charge is 0.242 e. The van der Waals surface area contributed by atoms with Crippen molar-refractivity contribution in [2.45, 2.75) is 6.92 Å². The van der Waals surface area contributed by atoms with Gasteiger partial charge in [-0.1, -0.05) is 24.3 Å². The fraction of sp³-hybridized carbons (Fsp3) is 0.0909. The molecule has 0 aliphatic carbocycles. The van der Waals surface area contributed by atoms with E-state index in [1.54, 1.807) is 23.2 Å². The number of nitrogens with zero attached hydrogens (tertiary/aromatic N) is 3. The summed E-state index contributed by atoms with van der Waals surface area (Å²) in [5.41, 5.74) is 2.71. The summed E-state index contributed by atoms with van der Waals surface area (Å²) >= 11 is 6.01. The summed E-state index contributed by atoms with van der Waals surface area (Å²) in [7, 11) is 0. The Morgan fingerprint density at radius 3 is 2.93 bits per heavy atom. The van der Waals surface area contributed by atoms with E-state index in [-0.39, 0.29) is 0 Å². The fourth-order valence-corrected chi connectivity index (χ4v) is 1.52. The zero-order valence-corrected chi connectivity index (χ0v) is 9.07. The molecule has 2 rings (SSSR count). The molecule has 2 heterocycles. The van der Waals surface area contributed by atoms with Crippen molar-refractivity contribution in [2.24, 2.45) is 0 Å². The molecule has 0 aliphatic rings. The molecule has 0 aliphatic heterocycles. The van der Waals surface area contributed by atoms with Crippen molar-refractivity contribution in [1.82, 2.24) is 14.8 Å². The number of hydrogen-bond donors (Lipinski definition) is 0. The molecule has 0 radical (unpaired) electrons. The van der Waals surface area contributed by atoms with Crippen LogP contribution in [0.3, 0.4) is 0 Å². The van der Waals surface area contributed by atoms with E-state index in [0.717, 1.165) is 16.9 Å². The summed E-state index contributed by atoms with van der Waals surface area (Å²) in [5.74, 6) is 0. The average molecular weight is 220 g/mol. The molecule has 0 unspecified atom stereocenters. The lowest BCUT2D eigenvalue weighted by Crippen LogP contribution is -2.01. The minimum Gasteiger partial charge on any atom is -0.242 e. The smallest absolute Gasteiger partial charge is 0.154 e. The molecule has 0 amide bonds. The number of rotatable bonds is 2. The summed E-state index contributed by atoms with van der Waals surface area (Å²) in [6.45, 7) is 5.65. The molecule has 0 atom stereocenters. The maximum atomic E-state index is 6.01. The van der Waals surface area contributed by atoms with E-state index < -0.39 is 0 Å². The van der Waals surface area contributed by atoms with Gasteiger partial charge in [-0.15, -0.1) is 0 Å². The highest BCUT2D eigenvalue weighted by Gasteiger charge is 2.07. The van der Waals surface area contributed by atoms with E-state index in [1.807, 2.05) is 19.1 Å². The summed E-state index contributed by atoms with van der Waals surface area (Å²) in [6, 6.07) is 3.82. The SMILES string of the molecule is C=Cc1cnc(Cl)c(-n2nccc2C)c1. The van der Waals surface area contributed by atoms with Crippen LogP contribution in [0.25, 0.3) is 11.8 Å². The Bertz CT molecular complexity index is 502. The van der Waals surface area contributed by atoms with Crippen molar-refractivity contribution < 1.29 is 0 Å². The van der Waals surface area contributed by atoms with Crippen LogP contribution in [0.15, 0.2) is 31.1 Å². The Kier molecular flexibility index (Phi) is 2.56. The minimum atomic E-state index is 0.437. The molecular formula is C11H10ClN3. The van der Waals surface area contributed by atoms with Gasteiger partial charge in [0.15, 0.2) is 5.15 Å². The van der Waals surface area contributed by atoms with E-state index in [0.29, 0.717) is 5.15 Å². The van der Waals surface area contributed by atoms with Gasteiger partial charge in [0, 0.05) is 18.1 Å². The molecular weight excluding hydrogens is 210 g/mol. The second-order valence-corrected chi connectivity index (χ2v) is 3.53. The molecule has 0 saturated carbocycles. The fourth-order valence-electron chi connectivity index (χ4n) is 1.33. The van der Waals surface area contributed by atoms with Crippen LogP contribution in [-0.4, -0.2) is 14.8 Å². The lowest BCUT2D eigenvalue weighted by atomic mass is 10.2. The summed E-state index contributed by atoms with van der Waals surface area (Å²) in [4.78, 5) is 4.08. The molecule has 4 heteroatoms. The van der Waals surface area contributed by atoms with Crippen molar-refractivity contribution in [1.29, 1.82) is 0 Å². The van der Waals surface area contributed by atoms with Gasteiger partial charge in [0.2, 0.25) is 0 Å². The maximum absolute atomic E-state index is 6.01. The van der Waals surface area contributed by atoms with Gasteiger partial charge in [0.1, 0.15) is 5.69 Å². The lowest BCUT2D eigenvalue weighted by molar-refractivity contribution is 0.841. The summed E-state index contributed by atoms with van der Waals surface area (Å²) in [6.07, 6.45) is 5.13. The van der Waals surface area contributed by atoms with E-state index in [2.05, 4.69) is 16.7 Å². The molecule has 3 nitrogen and oxygen atoms in total. The Morgan fingerprint density at radius 1 is 1.53 bits per heavy atom. The zero-order chi connectivity index (χ0) is 10.8. The third-order valence-electron chi connectivity index (χ3n) is 2.14. The Hall–Kier alpha value is -1.61. The van der Waals surface area contributed by atoms with Gasteiger partial charge in [0.25, 0.3) is 0 Å². The van der Waals surface area contributed by atoms with Crippen molar-refractivity contribution in [3.63, 3.8) is 0 Å². The normalized spacial score (nSPS) is 10.3. The van der Waals surface area contributed by atoms with Crippen LogP contribution in [0.5, 0.6) is 0 Å². The molecule has 0 saturated heterocycles. The highest BCUT2D eigenvalue weighted by atomic mass is 35.5. The molecule has 15 heavy (non-hydrogen) atoms. The molecule has 0 aromatic carbocycles. The highest BCUT2D eigenvalue weighted by Crippen LogP contribution is 2.20. The predicted octanol–water partition coefficient (Wildman–Crippen LogP) is 2.87. The second kappa shape index (κ2) is 3.87. The van der Waals surface area contributed by atoms with Gasteiger partial charge in [-0.25, -0.2) is 9.67 Å². The molecule has 0 fully saturated rings. The monoisotopic (exact) mass is 219 g/mol. The predicted molar refractivity (Wildman–Crippen MR) is 61.2 cm³/mol. The van der Waals surface area contributed by atoms with Crippen LogP contribution >= 0.6 is 11.6 Å². The number of aromatic nitrogens is 3. The van der Waals surface area contributed by atoms with Gasteiger partial charge in [0.05, 0.1) is 0 Å². The first kappa shape index (κ1) is 9.93. The highest BCUT2D eigenvalue weighted by molar-refractivity contribution is 6.31. The van der Waals surface area contributed by atoms with E-state index in [9.17, 15) is 0 Å². The van der Waals surface area contributed by atoms with E-state index >= 15 is 0 Å². The Labute approximate surface area is 93.0 Å². The van der Waals surface area contributed by atoms with Crippen LogP contribution < -0.4 is 0 Å². The van der Waals surface area contributed by atoms with Gasteiger partial charge < -0.3 is 0 Å². The van der Waals surface area contributed by atoms with Gasteiger partial charge in [-0.2, -0.15) is 5.10 Å². The van der Waals surface area contributed by atoms with Gasteiger partial charge in [-0.05, 0) is 24.6 Å². The summed E-state index contributed by atoms with van der Waals surface area (Å²) < 4.78 is 1.75. The topological polar surface area (TPSA) is 30.7 Å². The van der Waals surface area contributed by atoms with Crippen LogP contribution in [0.2, 0.25) is 5.15 Å². The first-order valence-electron chi connectivity index (χ1n) is 4.51. The van der Waals surface area contributed by atoms with Crippen LogP contribution in [0, 0.1) is 6.92 Å². The van der Waals surface area contributed by atoms with Crippen molar-refractivity contribution in [2.75, 3.05) is 0 Å². The number of halogens is 1. The first-order chi connectivity index (χ1) is 7.22. The van der Waals surface area contributed by atoms with Crippen LogP contribution in [0.4, 0.5) is 0 Å². The Morgan fingerprint density at radius 2 is 2.33 bits per heavy atom. The Balaban J connectivity index is 2.61. The second-order valence-electron chi connectivity index (χ2n) is 3.17. The van der Waals surface area contributed by atoms with Gasteiger partial charge in [-0.3, -0.25) is 0 Å². The maximum Gasteiger partial charge on any atom is 0.154 e. The third-order valence-corrected chi connectivity index (χ3v) is 2.43. The minimum absolute atomic E-state index is 0.437. The molecule has 2 aromatic rings. The molecule has 2 aromatic heterocycles. The van der Waals surface area contributed by atoms with E-state index in [4.69, 9.17) is 11.6 Å². The van der Waals surface area contributed by atoms with E-state index in [1.165, 1.54) is 0 Å². The lowest BCUT2D eigenvalue weighted by Gasteiger charge is -2.06. The molecule has 76 valence electrons. The quantitative estimate of drug-likeness (QED) is 0.728. The molecule has 0 bridgehead atoms. The number of hydrogen-bond acceptors (Lipinski definition) is 2. The number of aryl methyl sites for hydroxylation is 1. The number of pyridine rings is 1. The van der Waals surface area contributed by atoms with Crippen molar-refractivity contribution in [3.05, 3.63) is 47.5 Å². The first-order valence-corrected chi connectivity index (χ1v) is 4.89. The van der Waals surface area contributed by atoms with Crippen molar-refractivity contribution in [3.8, 4) is 5.69 Å².